The molecule has 29 heavy (non-hydrogen) atoms. The molecule has 6 nitrogen and oxygen atoms in total. The van der Waals surface area contributed by atoms with E-state index in [2.05, 4.69) is 10.5 Å². The summed E-state index contributed by atoms with van der Waals surface area (Å²) in [5.41, 5.74) is 3.32. The summed E-state index contributed by atoms with van der Waals surface area (Å²) in [6, 6.07) is 10.7. The Hall–Kier alpha value is -2.99. The second-order valence-corrected chi connectivity index (χ2v) is 7.11. The fraction of sp³-hybridized carbons (Fsp3) is 0.273. The molecule has 0 fully saturated rings. The molecule has 1 N–H and O–H groups in total. The number of halogens is 1. The van der Waals surface area contributed by atoms with Gasteiger partial charge in [0.15, 0.2) is 11.5 Å². The van der Waals surface area contributed by atoms with Crippen molar-refractivity contribution >= 4 is 17.5 Å². The molecule has 3 aromatic rings. The SMILES string of the molecule is COc1cc(C)c(C(C)NC(=O)c2c(-c3ccccc3Cl)noc2C)cc1OC. The molecule has 0 aliphatic rings. The first kappa shape index (κ1) is 20.7. The maximum absolute atomic E-state index is 13.1. The predicted molar refractivity (Wildman–Crippen MR) is 112 cm³/mol. The van der Waals surface area contributed by atoms with Gasteiger partial charge in [-0.05, 0) is 50.1 Å². The second-order valence-electron chi connectivity index (χ2n) is 6.70. The van der Waals surface area contributed by atoms with Crippen LogP contribution in [0.1, 0.15) is 40.2 Å². The molecule has 1 atom stereocenters. The van der Waals surface area contributed by atoms with Crippen LogP contribution >= 0.6 is 11.6 Å². The zero-order valence-corrected chi connectivity index (χ0v) is 17.8. The lowest BCUT2D eigenvalue weighted by Crippen LogP contribution is -2.28. The van der Waals surface area contributed by atoms with E-state index in [1.807, 2.05) is 38.1 Å². The number of aryl methyl sites for hydroxylation is 2. The minimum absolute atomic E-state index is 0.282. The molecule has 7 heteroatoms. The van der Waals surface area contributed by atoms with Crippen LogP contribution in [0, 0.1) is 13.8 Å². The average Bonchev–Trinajstić information content (AvgIpc) is 3.09. The van der Waals surface area contributed by atoms with Gasteiger partial charge in [-0.25, -0.2) is 0 Å². The number of methoxy groups -OCH3 is 2. The van der Waals surface area contributed by atoms with Gasteiger partial charge in [0.05, 0.1) is 25.3 Å². The van der Waals surface area contributed by atoms with Crippen LogP contribution in [0.5, 0.6) is 11.5 Å². The zero-order valence-electron chi connectivity index (χ0n) is 17.0. The van der Waals surface area contributed by atoms with Gasteiger partial charge >= 0.3 is 0 Å². The lowest BCUT2D eigenvalue weighted by Gasteiger charge is -2.19. The molecule has 0 radical (unpaired) electrons. The highest BCUT2D eigenvalue weighted by atomic mass is 35.5. The highest BCUT2D eigenvalue weighted by molar-refractivity contribution is 6.33. The zero-order chi connectivity index (χ0) is 21.1. The van der Waals surface area contributed by atoms with Crippen LogP contribution in [0.2, 0.25) is 5.02 Å². The monoisotopic (exact) mass is 414 g/mol. The molecule has 152 valence electrons. The molecule has 3 rings (SSSR count). The van der Waals surface area contributed by atoms with E-state index in [1.165, 1.54) is 0 Å². The van der Waals surface area contributed by atoms with Gasteiger partial charge in [-0.3, -0.25) is 4.79 Å². The molecule has 2 aromatic carbocycles. The number of rotatable bonds is 6. The van der Waals surface area contributed by atoms with Gasteiger partial charge in [-0.1, -0.05) is 35.0 Å². The van der Waals surface area contributed by atoms with E-state index in [9.17, 15) is 4.79 Å². The number of benzene rings is 2. The summed E-state index contributed by atoms with van der Waals surface area (Å²) in [6.07, 6.45) is 0. The smallest absolute Gasteiger partial charge is 0.257 e. The number of hydrogen-bond acceptors (Lipinski definition) is 5. The van der Waals surface area contributed by atoms with Crippen LogP contribution in [0.3, 0.4) is 0 Å². The number of nitrogens with zero attached hydrogens (tertiary/aromatic N) is 1. The Kier molecular flexibility index (Phi) is 6.13. The topological polar surface area (TPSA) is 73.6 Å². The molecule has 0 spiro atoms. The van der Waals surface area contributed by atoms with Crippen molar-refractivity contribution in [1.82, 2.24) is 10.5 Å². The third kappa shape index (κ3) is 4.07. The van der Waals surface area contributed by atoms with Gasteiger partial charge in [0, 0.05) is 5.56 Å². The van der Waals surface area contributed by atoms with Crippen LogP contribution in [-0.4, -0.2) is 25.3 Å². The number of aromatic nitrogens is 1. The first-order valence-corrected chi connectivity index (χ1v) is 9.49. The van der Waals surface area contributed by atoms with Gasteiger partial charge in [0.25, 0.3) is 5.91 Å². The van der Waals surface area contributed by atoms with Crippen molar-refractivity contribution in [2.75, 3.05) is 14.2 Å². The van der Waals surface area contributed by atoms with Crippen molar-refractivity contribution in [2.45, 2.75) is 26.8 Å². The Labute approximate surface area is 174 Å². The summed E-state index contributed by atoms with van der Waals surface area (Å²) in [7, 11) is 3.17. The van der Waals surface area contributed by atoms with Gasteiger partial charge in [-0.15, -0.1) is 0 Å². The van der Waals surface area contributed by atoms with Crippen molar-refractivity contribution in [1.29, 1.82) is 0 Å². The highest BCUT2D eigenvalue weighted by Crippen LogP contribution is 2.34. The van der Waals surface area contributed by atoms with Crippen molar-refractivity contribution in [3.05, 3.63) is 63.9 Å². The van der Waals surface area contributed by atoms with Crippen LogP contribution in [0.15, 0.2) is 40.9 Å². The van der Waals surface area contributed by atoms with Crippen molar-refractivity contribution in [2.24, 2.45) is 0 Å². The first-order chi connectivity index (χ1) is 13.9. The Bertz CT molecular complexity index is 1050. The summed E-state index contributed by atoms with van der Waals surface area (Å²) in [4.78, 5) is 13.1. The normalized spacial score (nSPS) is 11.8. The molecule has 0 aliphatic carbocycles. The van der Waals surface area contributed by atoms with Gasteiger partial charge in [0.2, 0.25) is 0 Å². The lowest BCUT2D eigenvalue weighted by atomic mass is 10.00. The number of nitrogens with one attached hydrogen (secondary N) is 1. The summed E-state index contributed by atoms with van der Waals surface area (Å²) >= 11 is 6.29. The Balaban J connectivity index is 1.92. The fourth-order valence-corrected chi connectivity index (χ4v) is 3.51. The maximum atomic E-state index is 13.1. The molecule has 1 aromatic heterocycles. The number of ether oxygens (including phenoxy) is 2. The Morgan fingerprint density at radius 3 is 2.45 bits per heavy atom. The van der Waals surface area contributed by atoms with E-state index in [-0.39, 0.29) is 11.9 Å². The third-order valence-electron chi connectivity index (χ3n) is 4.81. The van der Waals surface area contributed by atoms with E-state index < -0.39 is 0 Å². The summed E-state index contributed by atoms with van der Waals surface area (Å²) in [6.45, 7) is 5.57. The summed E-state index contributed by atoms with van der Waals surface area (Å²) in [5, 5.41) is 7.58. The minimum Gasteiger partial charge on any atom is -0.493 e. The predicted octanol–water partition coefficient (Wildman–Crippen LogP) is 5.12. The Morgan fingerprint density at radius 2 is 1.79 bits per heavy atom. The quantitative estimate of drug-likeness (QED) is 0.606. The molecule has 0 bridgehead atoms. The van der Waals surface area contributed by atoms with Crippen molar-refractivity contribution in [3.63, 3.8) is 0 Å². The van der Waals surface area contributed by atoms with E-state index in [0.717, 1.165) is 11.1 Å². The third-order valence-corrected chi connectivity index (χ3v) is 5.13. The largest absolute Gasteiger partial charge is 0.493 e. The highest BCUT2D eigenvalue weighted by Gasteiger charge is 2.25. The molecule has 0 saturated heterocycles. The van der Waals surface area contributed by atoms with Crippen LogP contribution in [-0.2, 0) is 0 Å². The van der Waals surface area contributed by atoms with Gasteiger partial charge < -0.3 is 19.3 Å². The molecule has 0 saturated carbocycles. The van der Waals surface area contributed by atoms with E-state index in [0.29, 0.717) is 39.1 Å². The van der Waals surface area contributed by atoms with E-state index >= 15 is 0 Å². The van der Waals surface area contributed by atoms with Crippen molar-refractivity contribution in [3.8, 4) is 22.8 Å². The number of hydrogen-bond donors (Lipinski definition) is 1. The molecular formula is C22H23ClN2O4. The number of amides is 1. The van der Waals surface area contributed by atoms with E-state index in [1.54, 1.807) is 33.3 Å². The van der Waals surface area contributed by atoms with Crippen LogP contribution < -0.4 is 14.8 Å². The summed E-state index contributed by atoms with van der Waals surface area (Å²) < 4.78 is 16.0. The molecule has 0 aliphatic heterocycles. The summed E-state index contributed by atoms with van der Waals surface area (Å²) in [5.74, 6) is 1.38. The second kappa shape index (κ2) is 8.57. The van der Waals surface area contributed by atoms with Crippen LogP contribution in [0.25, 0.3) is 11.3 Å². The van der Waals surface area contributed by atoms with Gasteiger partial charge in [0.1, 0.15) is 17.0 Å². The van der Waals surface area contributed by atoms with Crippen molar-refractivity contribution < 1.29 is 18.8 Å². The molecule has 1 heterocycles. The lowest BCUT2D eigenvalue weighted by molar-refractivity contribution is 0.0939. The standard InChI is InChI=1S/C22H23ClN2O4/c1-12-10-18(27-4)19(28-5)11-16(12)13(2)24-22(26)20-14(3)29-25-21(20)15-8-6-7-9-17(15)23/h6-11,13H,1-5H3,(H,24,26). The molecule has 1 amide bonds. The Morgan fingerprint density at radius 1 is 1.14 bits per heavy atom. The fourth-order valence-electron chi connectivity index (χ4n) is 3.29. The number of carbonyl (C=O) groups excluding carboxylic acids is 1. The van der Waals surface area contributed by atoms with Gasteiger partial charge in [-0.2, -0.15) is 0 Å². The molecule has 1 unspecified atom stereocenters. The molecular weight excluding hydrogens is 392 g/mol. The maximum Gasteiger partial charge on any atom is 0.257 e. The average molecular weight is 415 g/mol. The minimum atomic E-state index is -0.291. The van der Waals surface area contributed by atoms with Crippen LogP contribution in [0.4, 0.5) is 0 Å². The van der Waals surface area contributed by atoms with E-state index in [4.69, 9.17) is 25.6 Å². The number of carbonyl (C=O) groups is 1. The first-order valence-electron chi connectivity index (χ1n) is 9.11.